The van der Waals surface area contributed by atoms with Gasteiger partial charge in [-0.3, -0.25) is 4.98 Å². The lowest BCUT2D eigenvalue weighted by Gasteiger charge is -2.15. The molecule has 8 heteroatoms. The number of nitrogens with one attached hydrogen (secondary N) is 1. The van der Waals surface area contributed by atoms with Crippen LogP contribution in [-0.2, 0) is 4.74 Å². The molecular weight excluding hydrogens is 422 g/mol. The van der Waals surface area contributed by atoms with Crippen molar-refractivity contribution >= 4 is 44.2 Å². The van der Waals surface area contributed by atoms with Gasteiger partial charge in [-0.25, -0.2) is 13.6 Å². The van der Waals surface area contributed by atoms with E-state index in [4.69, 9.17) is 9.47 Å². The third-order valence-electron chi connectivity index (χ3n) is 3.83. The predicted octanol–water partition coefficient (Wildman–Crippen LogP) is 5.20. The highest BCUT2D eigenvalue weighted by Crippen LogP contribution is 2.36. The van der Waals surface area contributed by atoms with Gasteiger partial charge in [-0.15, -0.1) is 0 Å². The molecule has 0 saturated carbocycles. The Morgan fingerprint density at radius 1 is 1.22 bits per heavy atom. The van der Waals surface area contributed by atoms with Crippen LogP contribution in [0.4, 0.5) is 20.2 Å². The highest BCUT2D eigenvalue weighted by Gasteiger charge is 2.19. The van der Waals surface area contributed by atoms with Crippen LogP contribution >= 0.6 is 15.9 Å². The number of hydrogen-bond donors (Lipinski definition) is 1. The summed E-state index contributed by atoms with van der Waals surface area (Å²) in [5, 5.41) is 3.56. The molecule has 2 aromatic carbocycles. The van der Waals surface area contributed by atoms with E-state index in [1.807, 2.05) is 0 Å². The predicted molar refractivity (Wildman–Crippen MR) is 102 cm³/mol. The molecule has 0 aliphatic heterocycles. The van der Waals surface area contributed by atoms with Crippen LogP contribution in [-0.4, -0.2) is 24.7 Å². The number of anilines is 2. The van der Waals surface area contributed by atoms with Crippen molar-refractivity contribution in [2.24, 2.45) is 0 Å². The van der Waals surface area contributed by atoms with Crippen LogP contribution in [0.25, 0.3) is 10.9 Å². The van der Waals surface area contributed by atoms with Gasteiger partial charge >= 0.3 is 5.97 Å². The Hall–Kier alpha value is -2.74. The number of esters is 1. The molecule has 0 unspecified atom stereocenters. The van der Waals surface area contributed by atoms with Gasteiger partial charge in [-0.1, -0.05) is 0 Å². The third kappa shape index (κ3) is 3.85. The van der Waals surface area contributed by atoms with Crippen molar-refractivity contribution in [3.63, 3.8) is 0 Å². The summed E-state index contributed by atoms with van der Waals surface area (Å²) >= 11 is 3.40. The topological polar surface area (TPSA) is 60.5 Å². The number of aromatic nitrogens is 1. The standard InChI is InChI=1S/C19H15BrF2N2O3/c1-3-27-19(25)12-9-23-16-8-17(26-2)13(20)7-11(16)18(12)24-10-4-5-14(21)15(22)6-10/h4-9H,3H2,1-2H3,(H,23,24). The van der Waals surface area contributed by atoms with Crippen LogP contribution in [0.3, 0.4) is 0 Å². The highest BCUT2D eigenvalue weighted by molar-refractivity contribution is 9.10. The fraction of sp³-hybridized carbons (Fsp3) is 0.158. The second-order valence-corrected chi connectivity index (χ2v) is 6.38. The van der Waals surface area contributed by atoms with E-state index in [0.717, 1.165) is 12.1 Å². The van der Waals surface area contributed by atoms with Gasteiger partial charge in [0.2, 0.25) is 0 Å². The smallest absolute Gasteiger partial charge is 0.341 e. The zero-order chi connectivity index (χ0) is 19.6. The number of benzene rings is 2. The average molecular weight is 437 g/mol. The lowest BCUT2D eigenvalue weighted by molar-refractivity contribution is 0.0527. The zero-order valence-corrected chi connectivity index (χ0v) is 16.1. The Kier molecular flexibility index (Phi) is 5.55. The number of hydrogen-bond acceptors (Lipinski definition) is 5. The summed E-state index contributed by atoms with van der Waals surface area (Å²) in [7, 11) is 1.53. The molecule has 0 radical (unpaired) electrons. The van der Waals surface area contributed by atoms with Gasteiger partial charge in [-0.05, 0) is 41.1 Å². The summed E-state index contributed by atoms with van der Waals surface area (Å²) in [5.41, 5.74) is 1.37. The zero-order valence-electron chi connectivity index (χ0n) is 14.5. The maximum absolute atomic E-state index is 13.6. The van der Waals surface area contributed by atoms with Crippen molar-refractivity contribution in [1.29, 1.82) is 0 Å². The van der Waals surface area contributed by atoms with E-state index in [-0.39, 0.29) is 17.9 Å². The van der Waals surface area contributed by atoms with E-state index in [2.05, 4.69) is 26.2 Å². The first-order chi connectivity index (χ1) is 12.9. The van der Waals surface area contributed by atoms with Crippen LogP contribution in [0.15, 0.2) is 41.0 Å². The number of ether oxygens (including phenoxy) is 2. The number of halogens is 3. The van der Waals surface area contributed by atoms with Gasteiger partial charge in [0.15, 0.2) is 11.6 Å². The number of carbonyl (C=O) groups is 1. The highest BCUT2D eigenvalue weighted by atomic mass is 79.9. The Bertz CT molecular complexity index is 1030. The van der Waals surface area contributed by atoms with E-state index in [1.165, 1.54) is 19.4 Å². The van der Waals surface area contributed by atoms with Crippen molar-refractivity contribution in [3.8, 4) is 5.75 Å². The molecule has 1 heterocycles. The lowest BCUT2D eigenvalue weighted by atomic mass is 10.1. The molecule has 140 valence electrons. The van der Waals surface area contributed by atoms with Crippen molar-refractivity contribution in [2.75, 3.05) is 19.0 Å². The first-order valence-corrected chi connectivity index (χ1v) is 8.79. The van der Waals surface area contributed by atoms with Crippen molar-refractivity contribution < 1.29 is 23.0 Å². The molecule has 3 aromatic rings. The minimum Gasteiger partial charge on any atom is -0.495 e. The van der Waals surface area contributed by atoms with E-state index < -0.39 is 17.6 Å². The average Bonchev–Trinajstić information content (AvgIpc) is 2.64. The molecule has 27 heavy (non-hydrogen) atoms. The van der Waals surface area contributed by atoms with Gasteiger partial charge in [0.25, 0.3) is 0 Å². The normalized spacial score (nSPS) is 10.7. The molecule has 0 atom stereocenters. The van der Waals surface area contributed by atoms with Crippen LogP contribution in [0.2, 0.25) is 0 Å². The Balaban J connectivity index is 2.20. The minimum atomic E-state index is -1.00. The summed E-state index contributed by atoms with van der Waals surface area (Å²) in [6.07, 6.45) is 1.37. The molecule has 0 amide bonds. The van der Waals surface area contributed by atoms with E-state index >= 15 is 0 Å². The van der Waals surface area contributed by atoms with Crippen LogP contribution in [0.5, 0.6) is 5.75 Å². The van der Waals surface area contributed by atoms with Crippen LogP contribution < -0.4 is 10.1 Å². The van der Waals surface area contributed by atoms with E-state index in [9.17, 15) is 13.6 Å². The summed E-state index contributed by atoms with van der Waals surface area (Å²) in [4.78, 5) is 16.6. The molecule has 1 aromatic heterocycles. The number of carbonyl (C=O) groups excluding carboxylic acids is 1. The molecular formula is C19H15BrF2N2O3. The van der Waals surface area contributed by atoms with E-state index in [0.29, 0.717) is 26.8 Å². The van der Waals surface area contributed by atoms with Crippen molar-refractivity contribution in [2.45, 2.75) is 6.92 Å². The van der Waals surface area contributed by atoms with Gasteiger partial charge in [0, 0.05) is 29.4 Å². The quantitative estimate of drug-likeness (QED) is 0.556. The largest absolute Gasteiger partial charge is 0.495 e. The maximum Gasteiger partial charge on any atom is 0.341 e. The summed E-state index contributed by atoms with van der Waals surface area (Å²) in [5.74, 6) is -1.97. The van der Waals surface area contributed by atoms with Gasteiger partial charge < -0.3 is 14.8 Å². The van der Waals surface area contributed by atoms with Gasteiger partial charge in [-0.2, -0.15) is 0 Å². The molecule has 5 nitrogen and oxygen atoms in total. The number of rotatable bonds is 5. The van der Waals surface area contributed by atoms with Crippen LogP contribution in [0, 0.1) is 11.6 Å². The molecule has 1 N–H and O–H groups in total. The van der Waals surface area contributed by atoms with Crippen LogP contribution in [0.1, 0.15) is 17.3 Å². The van der Waals surface area contributed by atoms with Gasteiger partial charge in [0.05, 0.1) is 29.4 Å². The Morgan fingerprint density at radius 3 is 2.67 bits per heavy atom. The molecule has 0 fully saturated rings. The van der Waals surface area contributed by atoms with Crippen molar-refractivity contribution in [3.05, 3.63) is 58.2 Å². The molecule has 0 saturated heterocycles. The first-order valence-electron chi connectivity index (χ1n) is 8.00. The Labute approximate surface area is 162 Å². The fourth-order valence-corrected chi connectivity index (χ4v) is 3.07. The minimum absolute atomic E-state index is 0.172. The first kappa shape index (κ1) is 19.0. The van der Waals surface area contributed by atoms with Gasteiger partial charge in [0.1, 0.15) is 11.3 Å². The number of methoxy groups -OCH3 is 1. The third-order valence-corrected chi connectivity index (χ3v) is 4.45. The SMILES string of the molecule is CCOC(=O)c1cnc2cc(OC)c(Br)cc2c1Nc1ccc(F)c(F)c1. The molecule has 0 bridgehead atoms. The van der Waals surface area contributed by atoms with E-state index in [1.54, 1.807) is 19.1 Å². The molecule has 3 rings (SSSR count). The summed E-state index contributed by atoms with van der Waals surface area (Å²) in [6, 6.07) is 6.81. The number of nitrogens with zero attached hydrogens (tertiary/aromatic N) is 1. The molecule has 0 spiro atoms. The molecule has 0 aliphatic rings. The number of fused-ring (bicyclic) bond motifs is 1. The molecule has 0 aliphatic carbocycles. The fourth-order valence-electron chi connectivity index (χ4n) is 2.57. The monoisotopic (exact) mass is 436 g/mol. The maximum atomic E-state index is 13.6. The van der Waals surface area contributed by atoms with Crippen molar-refractivity contribution in [1.82, 2.24) is 4.98 Å². The lowest BCUT2D eigenvalue weighted by Crippen LogP contribution is -2.09. The second kappa shape index (κ2) is 7.87. The summed E-state index contributed by atoms with van der Waals surface area (Å²) in [6.45, 7) is 1.88. The Morgan fingerprint density at radius 2 is 2.00 bits per heavy atom. The second-order valence-electron chi connectivity index (χ2n) is 5.53. The number of pyridine rings is 1. The summed E-state index contributed by atoms with van der Waals surface area (Å²) < 4.78 is 37.8.